The predicted molar refractivity (Wildman–Crippen MR) is 77.3 cm³/mol. The quantitative estimate of drug-likeness (QED) is 0.678. The molecular weight excluding hydrogens is 250 g/mol. The summed E-state index contributed by atoms with van der Waals surface area (Å²) in [4.78, 5) is 16.1. The lowest BCUT2D eigenvalue weighted by Crippen LogP contribution is -2.04. The number of carbonyl (C=O) groups excluding carboxylic acids is 1. The Balaban J connectivity index is 1.72. The van der Waals surface area contributed by atoms with E-state index in [1.165, 1.54) is 0 Å². The number of benzene rings is 2. The summed E-state index contributed by atoms with van der Waals surface area (Å²) in [5.74, 6) is -0.308. The molecule has 0 aliphatic carbocycles. The van der Waals surface area contributed by atoms with Crippen LogP contribution in [0.3, 0.4) is 0 Å². The third-order valence-electron chi connectivity index (χ3n) is 3.05. The number of rotatable bonds is 3. The molecule has 0 N–H and O–H groups in total. The molecule has 0 aliphatic rings. The van der Waals surface area contributed by atoms with Crippen molar-refractivity contribution in [2.45, 2.75) is 6.61 Å². The number of fused-ring (bicyclic) bond motifs is 1. The van der Waals surface area contributed by atoms with Crippen LogP contribution < -0.4 is 0 Å². The van der Waals surface area contributed by atoms with Gasteiger partial charge in [-0.2, -0.15) is 0 Å². The minimum atomic E-state index is -0.308. The van der Waals surface area contributed by atoms with Gasteiger partial charge in [0.05, 0.1) is 11.1 Å². The second-order valence-electron chi connectivity index (χ2n) is 4.47. The minimum Gasteiger partial charge on any atom is -0.457 e. The molecule has 0 fully saturated rings. The molecule has 3 heteroatoms. The molecule has 0 bridgehead atoms. The van der Waals surface area contributed by atoms with Crippen LogP contribution >= 0.6 is 0 Å². The number of hydrogen-bond donors (Lipinski definition) is 0. The Morgan fingerprint density at radius 2 is 1.85 bits per heavy atom. The Bertz CT molecular complexity index is 738. The Morgan fingerprint density at radius 1 is 1.00 bits per heavy atom. The molecule has 98 valence electrons. The van der Waals surface area contributed by atoms with E-state index in [1.54, 1.807) is 18.3 Å². The zero-order chi connectivity index (χ0) is 13.8. The van der Waals surface area contributed by atoms with Crippen LogP contribution in [0, 0.1) is 0 Å². The number of aromatic nitrogens is 1. The largest absolute Gasteiger partial charge is 0.457 e. The summed E-state index contributed by atoms with van der Waals surface area (Å²) in [6.07, 6.45) is 1.76. The van der Waals surface area contributed by atoms with Crippen LogP contribution in [-0.4, -0.2) is 11.0 Å². The van der Waals surface area contributed by atoms with Crippen molar-refractivity contribution in [1.29, 1.82) is 0 Å². The molecule has 3 rings (SSSR count). The van der Waals surface area contributed by atoms with E-state index in [1.807, 2.05) is 48.5 Å². The fourth-order valence-corrected chi connectivity index (χ4v) is 2.02. The average molecular weight is 263 g/mol. The van der Waals surface area contributed by atoms with Gasteiger partial charge in [0.2, 0.25) is 0 Å². The minimum absolute atomic E-state index is 0.262. The van der Waals surface area contributed by atoms with E-state index in [9.17, 15) is 4.79 Å². The first-order chi connectivity index (χ1) is 9.83. The van der Waals surface area contributed by atoms with Crippen molar-refractivity contribution < 1.29 is 9.53 Å². The Morgan fingerprint density at radius 3 is 2.70 bits per heavy atom. The third kappa shape index (κ3) is 2.67. The molecule has 0 atom stereocenters. The van der Waals surface area contributed by atoms with Crippen LogP contribution in [0.1, 0.15) is 15.9 Å². The van der Waals surface area contributed by atoms with Crippen molar-refractivity contribution >= 4 is 16.9 Å². The van der Waals surface area contributed by atoms with E-state index in [2.05, 4.69) is 4.98 Å². The summed E-state index contributed by atoms with van der Waals surface area (Å²) < 4.78 is 5.30. The summed E-state index contributed by atoms with van der Waals surface area (Å²) >= 11 is 0. The lowest BCUT2D eigenvalue weighted by atomic mass is 10.1. The molecule has 0 unspecified atom stereocenters. The second kappa shape index (κ2) is 5.53. The lowest BCUT2D eigenvalue weighted by Gasteiger charge is -2.06. The van der Waals surface area contributed by atoms with Gasteiger partial charge in [0, 0.05) is 11.6 Å². The van der Waals surface area contributed by atoms with Crippen molar-refractivity contribution in [1.82, 2.24) is 4.98 Å². The van der Waals surface area contributed by atoms with E-state index in [-0.39, 0.29) is 12.6 Å². The van der Waals surface area contributed by atoms with Gasteiger partial charge in [0.25, 0.3) is 0 Å². The Labute approximate surface area is 116 Å². The molecule has 0 aliphatic heterocycles. The first-order valence-electron chi connectivity index (χ1n) is 6.39. The van der Waals surface area contributed by atoms with Gasteiger partial charge in [-0.05, 0) is 35.9 Å². The molecule has 2 aromatic carbocycles. The van der Waals surface area contributed by atoms with Gasteiger partial charge in [-0.15, -0.1) is 0 Å². The third-order valence-corrected chi connectivity index (χ3v) is 3.05. The predicted octanol–water partition coefficient (Wildman–Crippen LogP) is 3.59. The zero-order valence-electron chi connectivity index (χ0n) is 10.8. The second-order valence-corrected chi connectivity index (χ2v) is 4.47. The monoisotopic (exact) mass is 263 g/mol. The summed E-state index contributed by atoms with van der Waals surface area (Å²) in [7, 11) is 0. The molecular formula is C17H13NO2. The smallest absolute Gasteiger partial charge is 0.338 e. The molecule has 20 heavy (non-hydrogen) atoms. The highest BCUT2D eigenvalue weighted by atomic mass is 16.5. The van der Waals surface area contributed by atoms with Crippen LogP contribution in [0.5, 0.6) is 0 Å². The number of hydrogen-bond acceptors (Lipinski definition) is 3. The average Bonchev–Trinajstić information content (AvgIpc) is 2.53. The van der Waals surface area contributed by atoms with Crippen LogP contribution in [0.4, 0.5) is 0 Å². The van der Waals surface area contributed by atoms with Gasteiger partial charge >= 0.3 is 5.97 Å². The van der Waals surface area contributed by atoms with Crippen molar-refractivity contribution in [3.05, 3.63) is 78.0 Å². The van der Waals surface area contributed by atoms with Crippen molar-refractivity contribution in [3.63, 3.8) is 0 Å². The van der Waals surface area contributed by atoms with Gasteiger partial charge in [-0.1, -0.05) is 30.3 Å². The maximum atomic E-state index is 11.8. The van der Waals surface area contributed by atoms with Gasteiger partial charge < -0.3 is 4.74 Å². The van der Waals surface area contributed by atoms with E-state index in [0.717, 1.165) is 16.5 Å². The fourth-order valence-electron chi connectivity index (χ4n) is 2.02. The summed E-state index contributed by atoms with van der Waals surface area (Å²) in [6, 6.07) is 18.7. The topological polar surface area (TPSA) is 39.2 Å². The molecule has 1 aromatic heterocycles. The fraction of sp³-hybridized carbons (Fsp3) is 0.0588. The van der Waals surface area contributed by atoms with E-state index < -0.39 is 0 Å². The maximum Gasteiger partial charge on any atom is 0.338 e. The molecule has 0 radical (unpaired) electrons. The number of esters is 1. The van der Waals surface area contributed by atoms with Gasteiger partial charge in [0.1, 0.15) is 6.61 Å². The first kappa shape index (κ1) is 12.4. The van der Waals surface area contributed by atoms with Crippen LogP contribution in [0.2, 0.25) is 0 Å². The van der Waals surface area contributed by atoms with Gasteiger partial charge in [0.15, 0.2) is 0 Å². The van der Waals surface area contributed by atoms with Crippen LogP contribution in [0.15, 0.2) is 66.9 Å². The van der Waals surface area contributed by atoms with Gasteiger partial charge in [-0.25, -0.2) is 4.79 Å². The zero-order valence-corrected chi connectivity index (χ0v) is 10.8. The molecule has 0 spiro atoms. The van der Waals surface area contributed by atoms with E-state index >= 15 is 0 Å². The van der Waals surface area contributed by atoms with E-state index in [0.29, 0.717) is 5.56 Å². The van der Waals surface area contributed by atoms with Crippen molar-refractivity contribution in [2.24, 2.45) is 0 Å². The molecule has 1 heterocycles. The molecule has 0 saturated carbocycles. The molecule has 3 nitrogen and oxygen atoms in total. The SMILES string of the molecule is O=C(OCc1ccc2ncccc2c1)c1ccccc1. The number of ether oxygens (including phenoxy) is 1. The van der Waals surface area contributed by atoms with Crippen LogP contribution in [-0.2, 0) is 11.3 Å². The normalized spacial score (nSPS) is 10.4. The lowest BCUT2D eigenvalue weighted by molar-refractivity contribution is 0.0473. The molecule has 0 saturated heterocycles. The number of carbonyl (C=O) groups is 1. The standard InChI is InChI=1S/C17H13NO2/c19-17(14-5-2-1-3-6-14)20-12-13-8-9-16-15(11-13)7-4-10-18-16/h1-11H,12H2. The first-order valence-corrected chi connectivity index (χ1v) is 6.39. The molecule has 0 amide bonds. The number of pyridine rings is 1. The van der Waals surface area contributed by atoms with Crippen molar-refractivity contribution in [2.75, 3.05) is 0 Å². The van der Waals surface area contributed by atoms with Crippen molar-refractivity contribution in [3.8, 4) is 0 Å². The Kier molecular flexibility index (Phi) is 3.42. The summed E-state index contributed by atoms with van der Waals surface area (Å²) in [6.45, 7) is 0.262. The number of nitrogens with zero attached hydrogens (tertiary/aromatic N) is 1. The highest BCUT2D eigenvalue weighted by molar-refractivity contribution is 5.89. The van der Waals surface area contributed by atoms with Gasteiger partial charge in [-0.3, -0.25) is 4.98 Å². The maximum absolute atomic E-state index is 11.8. The Hall–Kier alpha value is -2.68. The highest BCUT2D eigenvalue weighted by Crippen LogP contribution is 2.14. The van der Waals surface area contributed by atoms with E-state index in [4.69, 9.17) is 4.74 Å². The highest BCUT2D eigenvalue weighted by Gasteiger charge is 2.06. The summed E-state index contributed by atoms with van der Waals surface area (Å²) in [5, 5.41) is 1.04. The van der Waals surface area contributed by atoms with Crippen LogP contribution in [0.25, 0.3) is 10.9 Å². The summed E-state index contributed by atoms with van der Waals surface area (Å²) in [5.41, 5.74) is 2.45. The molecule has 3 aromatic rings.